The van der Waals surface area contributed by atoms with Gasteiger partial charge < -0.3 is 10.8 Å². The molecule has 0 aliphatic carbocycles. The molecule has 3 N–H and O–H groups in total. The first-order chi connectivity index (χ1) is 8.32. The SMILES string of the molecule is Cc1nc(C(C)C)nc(SCC(N)=O)c1C(=O)O. The maximum absolute atomic E-state index is 11.2. The third kappa shape index (κ3) is 3.43. The molecular formula is C11H15N3O3S. The van der Waals surface area contributed by atoms with Gasteiger partial charge in [0, 0.05) is 5.92 Å². The fourth-order valence-corrected chi connectivity index (χ4v) is 2.13. The van der Waals surface area contributed by atoms with Crippen molar-refractivity contribution in [1.29, 1.82) is 0 Å². The van der Waals surface area contributed by atoms with Gasteiger partial charge in [-0.3, -0.25) is 4.79 Å². The zero-order valence-electron chi connectivity index (χ0n) is 10.4. The molecule has 0 radical (unpaired) electrons. The highest BCUT2D eigenvalue weighted by Gasteiger charge is 2.19. The molecule has 18 heavy (non-hydrogen) atoms. The minimum absolute atomic E-state index is 0.00569. The van der Waals surface area contributed by atoms with Crippen LogP contribution in [0.5, 0.6) is 0 Å². The Balaban J connectivity index is 3.24. The van der Waals surface area contributed by atoms with Gasteiger partial charge in [-0.25, -0.2) is 14.8 Å². The average Bonchev–Trinajstić information content (AvgIpc) is 2.24. The molecule has 0 fully saturated rings. The average molecular weight is 269 g/mol. The summed E-state index contributed by atoms with van der Waals surface area (Å²) in [5.74, 6) is -0.980. The molecular weight excluding hydrogens is 254 g/mol. The number of rotatable bonds is 5. The van der Waals surface area contributed by atoms with Gasteiger partial charge in [0.2, 0.25) is 5.91 Å². The highest BCUT2D eigenvalue weighted by atomic mass is 32.2. The Morgan fingerprint density at radius 2 is 2.00 bits per heavy atom. The first-order valence-corrected chi connectivity index (χ1v) is 6.34. The van der Waals surface area contributed by atoms with Crippen LogP contribution >= 0.6 is 11.8 Å². The van der Waals surface area contributed by atoms with Crippen molar-refractivity contribution in [3.05, 3.63) is 17.1 Å². The highest BCUT2D eigenvalue weighted by Crippen LogP contribution is 2.24. The number of carboxylic acids is 1. The second kappa shape index (κ2) is 5.81. The minimum atomic E-state index is -1.10. The Hall–Kier alpha value is -1.63. The second-order valence-electron chi connectivity index (χ2n) is 4.06. The molecule has 0 aliphatic rings. The van der Waals surface area contributed by atoms with Gasteiger partial charge >= 0.3 is 5.97 Å². The number of nitrogens with zero attached hydrogens (tertiary/aromatic N) is 2. The number of carboxylic acid groups (broad SMARTS) is 1. The van der Waals surface area contributed by atoms with Crippen LogP contribution in [0.3, 0.4) is 0 Å². The van der Waals surface area contributed by atoms with Crippen molar-refractivity contribution in [1.82, 2.24) is 9.97 Å². The molecule has 1 rings (SSSR count). The van der Waals surface area contributed by atoms with Crippen LogP contribution in [0.25, 0.3) is 0 Å². The Labute approximate surface area is 109 Å². The smallest absolute Gasteiger partial charge is 0.340 e. The molecule has 1 amide bonds. The van der Waals surface area contributed by atoms with Crippen molar-refractivity contribution in [3.63, 3.8) is 0 Å². The second-order valence-corrected chi connectivity index (χ2v) is 5.03. The van der Waals surface area contributed by atoms with E-state index in [1.54, 1.807) is 6.92 Å². The van der Waals surface area contributed by atoms with Gasteiger partial charge in [0.05, 0.1) is 11.4 Å². The van der Waals surface area contributed by atoms with E-state index in [1.807, 2.05) is 13.8 Å². The normalized spacial score (nSPS) is 10.7. The van der Waals surface area contributed by atoms with E-state index in [0.717, 1.165) is 11.8 Å². The molecule has 0 unspecified atom stereocenters. The van der Waals surface area contributed by atoms with E-state index in [9.17, 15) is 9.59 Å². The molecule has 0 atom stereocenters. The topological polar surface area (TPSA) is 106 Å². The van der Waals surface area contributed by atoms with Crippen molar-refractivity contribution in [2.24, 2.45) is 5.73 Å². The lowest BCUT2D eigenvalue weighted by molar-refractivity contribution is -0.115. The van der Waals surface area contributed by atoms with Crippen LogP contribution in [0.4, 0.5) is 0 Å². The number of carbonyl (C=O) groups is 2. The maximum Gasteiger partial charge on any atom is 0.340 e. The summed E-state index contributed by atoms with van der Waals surface area (Å²) in [6, 6.07) is 0. The molecule has 0 bridgehead atoms. The van der Waals surface area contributed by atoms with Crippen molar-refractivity contribution >= 4 is 23.6 Å². The molecule has 7 heteroatoms. The maximum atomic E-state index is 11.2. The molecule has 1 aromatic heterocycles. The van der Waals surface area contributed by atoms with E-state index in [1.165, 1.54) is 0 Å². The van der Waals surface area contributed by atoms with E-state index >= 15 is 0 Å². The predicted molar refractivity (Wildman–Crippen MR) is 67.7 cm³/mol. The summed E-state index contributed by atoms with van der Waals surface area (Å²) in [4.78, 5) is 30.3. The molecule has 6 nitrogen and oxygen atoms in total. The molecule has 1 heterocycles. The third-order valence-electron chi connectivity index (χ3n) is 2.16. The molecule has 1 aromatic rings. The first kappa shape index (κ1) is 14.4. The van der Waals surface area contributed by atoms with Crippen LogP contribution in [0.2, 0.25) is 0 Å². The molecule has 0 saturated heterocycles. The number of thioether (sulfide) groups is 1. The zero-order chi connectivity index (χ0) is 13.9. The molecule has 0 aliphatic heterocycles. The summed E-state index contributed by atoms with van der Waals surface area (Å²) < 4.78 is 0. The Kier molecular flexibility index (Phi) is 4.66. The van der Waals surface area contributed by atoms with Gasteiger partial charge in [-0.05, 0) is 6.92 Å². The lowest BCUT2D eigenvalue weighted by atomic mass is 10.2. The summed E-state index contributed by atoms with van der Waals surface area (Å²) in [5, 5.41) is 9.42. The van der Waals surface area contributed by atoms with Crippen molar-refractivity contribution in [3.8, 4) is 0 Å². The van der Waals surface area contributed by atoms with E-state index in [4.69, 9.17) is 10.8 Å². The van der Waals surface area contributed by atoms with Gasteiger partial charge in [-0.2, -0.15) is 0 Å². The molecule has 98 valence electrons. The Morgan fingerprint density at radius 3 is 2.44 bits per heavy atom. The number of aromatic carboxylic acids is 1. The summed E-state index contributed by atoms with van der Waals surface area (Å²) in [5.41, 5.74) is 5.48. The predicted octanol–water partition coefficient (Wildman–Crippen LogP) is 1.18. The van der Waals surface area contributed by atoms with Crippen LogP contribution in [0.1, 0.15) is 41.6 Å². The van der Waals surface area contributed by atoms with Crippen LogP contribution in [0.15, 0.2) is 5.03 Å². The monoisotopic (exact) mass is 269 g/mol. The fraction of sp³-hybridized carbons (Fsp3) is 0.455. The number of primary amides is 1. The zero-order valence-corrected chi connectivity index (χ0v) is 11.2. The van der Waals surface area contributed by atoms with Crippen molar-refractivity contribution in [2.45, 2.75) is 31.7 Å². The fourth-order valence-electron chi connectivity index (χ4n) is 1.32. The van der Waals surface area contributed by atoms with Crippen LogP contribution in [0, 0.1) is 6.92 Å². The Morgan fingerprint density at radius 1 is 1.39 bits per heavy atom. The lowest BCUT2D eigenvalue weighted by Gasteiger charge is -2.11. The van der Waals surface area contributed by atoms with E-state index in [-0.39, 0.29) is 22.3 Å². The number of nitrogens with two attached hydrogens (primary N) is 1. The number of amides is 1. The van der Waals surface area contributed by atoms with Gasteiger partial charge in [-0.1, -0.05) is 25.6 Å². The summed E-state index contributed by atoms with van der Waals surface area (Å²) in [6.07, 6.45) is 0. The van der Waals surface area contributed by atoms with Crippen LogP contribution in [-0.2, 0) is 4.79 Å². The van der Waals surface area contributed by atoms with Crippen LogP contribution < -0.4 is 5.73 Å². The lowest BCUT2D eigenvalue weighted by Crippen LogP contribution is -2.15. The number of carbonyl (C=O) groups excluding carboxylic acids is 1. The molecule has 0 aromatic carbocycles. The third-order valence-corrected chi connectivity index (χ3v) is 3.15. The summed E-state index contributed by atoms with van der Waals surface area (Å²) in [6.45, 7) is 5.45. The number of aryl methyl sites for hydroxylation is 1. The van der Waals surface area contributed by atoms with Gasteiger partial charge in [0.1, 0.15) is 16.4 Å². The van der Waals surface area contributed by atoms with Gasteiger partial charge in [0.15, 0.2) is 0 Å². The number of hydrogen-bond donors (Lipinski definition) is 2. The Bertz CT molecular complexity index is 489. The summed E-state index contributed by atoms with van der Waals surface area (Å²) >= 11 is 1.02. The summed E-state index contributed by atoms with van der Waals surface area (Å²) in [7, 11) is 0. The van der Waals surface area contributed by atoms with E-state index in [0.29, 0.717) is 11.5 Å². The van der Waals surface area contributed by atoms with Crippen molar-refractivity contribution < 1.29 is 14.7 Å². The standard InChI is InChI=1S/C11H15N3O3S/c1-5(2)9-13-6(3)8(11(16)17)10(14-9)18-4-7(12)15/h5H,4H2,1-3H3,(H2,12,15)(H,16,17). The van der Waals surface area contributed by atoms with E-state index in [2.05, 4.69) is 9.97 Å². The number of hydrogen-bond acceptors (Lipinski definition) is 5. The minimum Gasteiger partial charge on any atom is -0.478 e. The van der Waals surface area contributed by atoms with Gasteiger partial charge in [-0.15, -0.1) is 0 Å². The first-order valence-electron chi connectivity index (χ1n) is 5.35. The highest BCUT2D eigenvalue weighted by molar-refractivity contribution is 8.00. The number of aromatic nitrogens is 2. The molecule has 0 saturated carbocycles. The van der Waals surface area contributed by atoms with Crippen LogP contribution in [-0.4, -0.2) is 32.7 Å². The largest absolute Gasteiger partial charge is 0.478 e. The van der Waals surface area contributed by atoms with E-state index < -0.39 is 11.9 Å². The van der Waals surface area contributed by atoms with Gasteiger partial charge in [0.25, 0.3) is 0 Å². The van der Waals surface area contributed by atoms with Crippen molar-refractivity contribution in [2.75, 3.05) is 5.75 Å². The molecule has 0 spiro atoms. The quantitative estimate of drug-likeness (QED) is 0.614.